The van der Waals surface area contributed by atoms with E-state index in [0.29, 0.717) is 6.54 Å². The van der Waals surface area contributed by atoms with Crippen molar-refractivity contribution in [1.29, 1.82) is 0 Å². The van der Waals surface area contributed by atoms with E-state index < -0.39 is 6.23 Å². The minimum absolute atomic E-state index is 0.400. The Balaban J connectivity index is 2.18. The van der Waals surface area contributed by atoms with Gasteiger partial charge in [-0.2, -0.15) is 0 Å². The maximum Gasteiger partial charge on any atom is 0.122 e. The lowest BCUT2D eigenvalue weighted by molar-refractivity contribution is 0.131. The standard InChI is InChI=1S/C11H16N2O/c1-9-4-2-3-5-10(9)13-7-6-12-11(14)8-13/h2-5,11-12,14H,6-8H2,1H3. The van der Waals surface area contributed by atoms with Crippen LogP contribution in [-0.4, -0.2) is 31.0 Å². The number of hydrogen-bond acceptors (Lipinski definition) is 3. The van der Waals surface area contributed by atoms with Crippen LogP contribution in [0.4, 0.5) is 5.69 Å². The Morgan fingerprint density at radius 1 is 1.43 bits per heavy atom. The van der Waals surface area contributed by atoms with E-state index in [4.69, 9.17) is 0 Å². The third kappa shape index (κ3) is 1.89. The van der Waals surface area contributed by atoms with Gasteiger partial charge in [0.1, 0.15) is 6.23 Å². The van der Waals surface area contributed by atoms with Crippen LogP contribution in [-0.2, 0) is 0 Å². The molecule has 1 unspecified atom stereocenters. The van der Waals surface area contributed by atoms with Crippen LogP contribution in [0, 0.1) is 6.92 Å². The zero-order chi connectivity index (χ0) is 9.97. The molecule has 0 aliphatic carbocycles. The van der Waals surface area contributed by atoms with Gasteiger partial charge in [-0.05, 0) is 18.6 Å². The van der Waals surface area contributed by atoms with Gasteiger partial charge in [-0.25, -0.2) is 0 Å². The molecule has 1 atom stereocenters. The Bertz CT molecular complexity index is 314. The summed E-state index contributed by atoms with van der Waals surface area (Å²) in [6, 6.07) is 8.28. The molecule has 0 spiro atoms. The van der Waals surface area contributed by atoms with E-state index in [9.17, 15) is 5.11 Å². The Kier molecular flexibility index (Phi) is 2.70. The van der Waals surface area contributed by atoms with E-state index in [1.807, 2.05) is 12.1 Å². The summed E-state index contributed by atoms with van der Waals surface area (Å²) in [7, 11) is 0. The summed E-state index contributed by atoms with van der Waals surface area (Å²) in [4.78, 5) is 2.22. The van der Waals surface area contributed by atoms with E-state index in [1.54, 1.807) is 0 Å². The summed E-state index contributed by atoms with van der Waals surface area (Å²) >= 11 is 0. The highest BCUT2D eigenvalue weighted by molar-refractivity contribution is 5.53. The Labute approximate surface area is 84.4 Å². The van der Waals surface area contributed by atoms with Gasteiger partial charge in [0.25, 0.3) is 0 Å². The molecule has 0 radical (unpaired) electrons. The number of piperazine rings is 1. The van der Waals surface area contributed by atoms with Gasteiger partial charge in [-0.1, -0.05) is 18.2 Å². The van der Waals surface area contributed by atoms with E-state index in [1.165, 1.54) is 11.3 Å². The van der Waals surface area contributed by atoms with Crippen molar-refractivity contribution < 1.29 is 5.11 Å². The van der Waals surface area contributed by atoms with Crippen LogP contribution < -0.4 is 10.2 Å². The average molecular weight is 192 g/mol. The Morgan fingerprint density at radius 2 is 2.21 bits per heavy atom. The largest absolute Gasteiger partial charge is 0.377 e. The summed E-state index contributed by atoms with van der Waals surface area (Å²) in [5, 5.41) is 12.5. The maximum absolute atomic E-state index is 9.48. The molecular weight excluding hydrogens is 176 g/mol. The zero-order valence-corrected chi connectivity index (χ0v) is 8.40. The number of nitrogens with one attached hydrogen (secondary N) is 1. The SMILES string of the molecule is Cc1ccccc1N1CCNC(O)C1. The molecule has 0 aromatic heterocycles. The van der Waals surface area contributed by atoms with Crippen LogP contribution in [0.15, 0.2) is 24.3 Å². The van der Waals surface area contributed by atoms with Gasteiger partial charge in [0.05, 0.1) is 6.54 Å². The number of β-amino-alcohol motifs (C(OH)–C–C–N with tert-alkyl or cyclic N) is 1. The average Bonchev–Trinajstić information content (AvgIpc) is 2.18. The normalized spacial score (nSPS) is 22.4. The molecule has 2 rings (SSSR count). The predicted octanol–water partition coefficient (Wildman–Crippen LogP) is 0.723. The highest BCUT2D eigenvalue weighted by Crippen LogP contribution is 2.19. The smallest absolute Gasteiger partial charge is 0.122 e. The molecule has 2 N–H and O–H groups in total. The molecule has 1 saturated heterocycles. The molecule has 14 heavy (non-hydrogen) atoms. The molecule has 76 valence electrons. The highest BCUT2D eigenvalue weighted by atomic mass is 16.3. The molecule has 1 fully saturated rings. The summed E-state index contributed by atoms with van der Waals surface area (Å²) in [5.41, 5.74) is 2.50. The molecule has 0 amide bonds. The van der Waals surface area contributed by atoms with Crippen LogP contribution in [0.3, 0.4) is 0 Å². The molecule has 1 aliphatic rings. The number of benzene rings is 1. The Hall–Kier alpha value is -1.06. The number of rotatable bonds is 1. The minimum atomic E-state index is -0.400. The van der Waals surface area contributed by atoms with Gasteiger partial charge in [0, 0.05) is 18.8 Å². The zero-order valence-electron chi connectivity index (χ0n) is 8.40. The summed E-state index contributed by atoms with van der Waals surface area (Å²) in [6.45, 7) is 4.58. The molecule has 0 saturated carbocycles. The fraction of sp³-hybridized carbons (Fsp3) is 0.455. The lowest BCUT2D eigenvalue weighted by atomic mass is 10.1. The third-order valence-corrected chi connectivity index (χ3v) is 2.61. The second-order valence-corrected chi connectivity index (χ2v) is 3.70. The topological polar surface area (TPSA) is 35.5 Å². The highest BCUT2D eigenvalue weighted by Gasteiger charge is 2.17. The van der Waals surface area contributed by atoms with Gasteiger partial charge < -0.3 is 10.0 Å². The molecule has 0 bridgehead atoms. The van der Waals surface area contributed by atoms with E-state index in [-0.39, 0.29) is 0 Å². The summed E-state index contributed by atoms with van der Waals surface area (Å²) in [5.74, 6) is 0. The number of para-hydroxylation sites is 1. The van der Waals surface area contributed by atoms with Crippen molar-refractivity contribution in [3.05, 3.63) is 29.8 Å². The number of nitrogens with zero attached hydrogens (tertiary/aromatic N) is 1. The second kappa shape index (κ2) is 3.98. The lowest BCUT2D eigenvalue weighted by Crippen LogP contribution is -2.50. The van der Waals surface area contributed by atoms with E-state index in [2.05, 4.69) is 29.3 Å². The number of aryl methyl sites for hydroxylation is 1. The van der Waals surface area contributed by atoms with Crippen LogP contribution in [0.2, 0.25) is 0 Å². The minimum Gasteiger partial charge on any atom is -0.377 e. The van der Waals surface area contributed by atoms with Crippen molar-refractivity contribution in [2.24, 2.45) is 0 Å². The fourth-order valence-corrected chi connectivity index (χ4v) is 1.87. The van der Waals surface area contributed by atoms with Gasteiger partial charge in [-0.3, -0.25) is 5.32 Å². The fourth-order valence-electron chi connectivity index (χ4n) is 1.87. The third-order valence-electron chi connectivity index (χ3n) is 2.61. The van der Waals surface area contributed by atoms with Crippen LogP contribution in [0.25, 0.3) is 0 Å². The molecule has 1 aromatic carbocycles. The van der Waals surface area contributed by atoms with Crippen LogP contribution in [0.5, 0.6) is 0 Å². The first-order chi connectivity index (χ1) is 6.77. The molecule has 3 nitrogen and oxygen atoms in total. The first-order valence-electron chi connectivity index (χ1n) is 4.99. The monoisotopic (exact) mass is 192 g/mol. The van der Waals surface area contributed by atoms with E-state index in [0.717, 1.165) is 13.1 Å². The van der Waals surface area contributed by atoms with Crippen molar-refractivity contribution >= 4 is 5.69 Å². The quantitative estimate of drug-likeness (QED) is 0.688. The molecule has 1 aliphatic heterocycles. The van der Waals surface area contributed by atoms with Gasteiger partial charge in [0.15, 0.2) is 0 Å². The molecule has 1 heterocycles. The maximum atomic E-state index is 9.48. The molecule has 1 aromatic rings. The van der Waals surface area contributed by atoms with Crippen LogP contribution >= 0.6 is 0 Å². The first kappa shape index (κ1) is 9.49. The van der Waals surface area contributed by atoms with Crippen molar-refractivity contribution in [2.75, 3.05) is 24.5 Å². The van der Waals surface area contributed by atoms with Crippen molar-refractivity contribution in [3.63, 3.8) is 0 Å². The number of hydrogen-bond donors (Lipinski definition) is 2. The predicted molar refractivity (Wildman–Crippen MR) is 57.4 cm³/mol. The van der Waals surface area contributed by atoms with Crippen molar-refractivity contribution in [3.8, 4) is 0 Å². The lowest BCUT2D eigenvalue weighted by Gasteiger charge is -2.33. The Morgan fingerprint density at radius 3 is 2.93 bits per heavy atom. The molecular formula is C11H16N2O. The number of anilines is 1. The van der Waals surface area contributed by atoms with Crippen LogP contribution in [0.1, 0.15) is 5.56 Å². The van der Waals surface area contributed by atoms with Gasteiger partial charge in [-0.15, -0.1) is 0 Å². The molecule has 3 heteroatoms. The summed E-state index contributed by atoms with van der Waals surface area (Å²) < 4.78 is 0. The second-order valence-electron chi connectivity index (χ2n) is 3.70. The van der Waals surface area contributed by atoms with E-state index >= 15 is 0 Å². The van der Waals surface area contributed by atoms with Crippen molar-refractivity contribution in [1.82, 2.24) is 5.32 Å². The van der Waals surface area contributed by atoms with Crippen molar-refractivity contribution in [2.45, 2.75) is 13.2 Å². The number of aliphatic hydroxyl groups excluding tert-OH is 1. The van der Waals surface area contributed by atoms with Gasteiger partial charge >= 0.3 is 0 Å². The summed E-state index contributed by atoms with van der Waals surface area (Å²) in [6.07, 6.45) is -0.400. The number of aliphatic hydroxyl groups is 1. The first-order valence-corrected chi connectivity index (χ1v) is 4.99. The van der Waals surface area contributed by atoms with Gasteiger partial charge in [0.2, 0.25) is 0 Å².